The number of anilines is 1. The van der Waals surface area contributed by atoms with Gasteiger partial charge in [0.15, 0.2) is 23.3 Å². The number of hydrogen-bond acceptors (Lipinski definition) is 4. The van der Waals surface area contributed by atoms with E-state index in [4.69, 9.17) is 0 Å². The van der Waals surface area contributed by atoms with Crippen LogP contribution in [0.3, 0.4) is 0 Å². The summed E-state index contributed by atoms with van der Waals surface area (Å²) in [5.74, 6) is -5.85. The average molecular weight is 403 g/mol. The van der Waals surface area contributed by atoms with Gasteiger partial charge in [0.1, 0.15) is 0 Å². The molecule has 0 saturated carbocycles. The number of amides is 1. The smallest absolute Gasteiger partial charge is 0.297 e. The first-order chi connectivity index (χ1) is 12.6. The van der Waals surface area contributed by atoms with Crippen LogP contribution in [0.25, 0.3) is 11.4 Å². The second kappa shape index (κ2) is 6.99. The summed E-state index contributed by atoms with van der Waals surface area (Å²) >= 11 is 0.656. The van der Waals surface area contributed by atoms with E-state index >= 15 is 0 Å². The van der Waals surface area contributed by atoms with E-state index in [2.05, 4.69) is 14.7 Å². The average Bonchev–Trinajstić information content (AvgIpc) is 3.07. The van der Waals surface area contributed by atoms with Gasteiger partial charge in [0.2, 0.25) is 5.13 Å². The molecule has 0 atom stereocenters. The number of rotatable bonds is 3. The largest absolute Gasteiger partial charge is 0.416 e. The quantitative estimate of drug-likeness (QED) is 0.500. The number of alkyl halides is 3. The van der Waals surface area contributed by atoms with E-state index in [-0.39, 0.29) is 16.5 Å². The minimum absolute atomic E-state index is 0.0699. The summed E-state index contributed by atoms with van der Waals surface area (Å²) in [5.41, 5.74) is -1.32. The maximum Gasteiger partial charge on any atom is 0.416 e. The van der Waals surface area contributed by atoms with Crippen LogP contribution in [0.4, 0.5) is 31.5 Å². The zero-order valence-corrected chi connectivity index (χ0v) is 13.8. The number of hydrogen-bond donors (Lipinski definition) is 1. The molecular weight excluding hydrogens is 396 g/mol. The Hall–Kier alpha value is -2.95. The number of benzene rings is 2. The van der Waals surface area contributed by atoms with Crippen LogP contribution in [-0.2, 0) is 6.18 Å². The fourth-order valence-electron chi connectivity index (χ4n) is 2.08. The second-order valence-corrected chi connectivity index (χ2v) is 5.96. The first-order valence-corrected chi connectivity index (χ1v) is 7.90. The summed E-state index contributed by atoms with van der Waals surface area (Å²) in [5, 5.41) is 2.08. The maximum atomic E-state index is 13.2. The highest BCUT2D eigenvalue weighted by Gasteiger charge is 2.30. The van der Waals surface area contributed by atoms with Crippen LogP contribution >= 0.6 is 11.5 Å². The number of nitrogens with one attached hydrogen (secondary N) is 1. The van der Waals surface area contributed by atoms with Crippen LogP contribution < -0.4 is 5.32 Å². The first-order valence-electron chi connectivity index (χ1n) is 7.12. The van der Waals surface area contributed by atoms with Gasteiger partial charge in [0.05, 0.1) is 5.56 Å². The number of halogens is 6. The Morgan fingerprint density at radius 3 is 2.33 bits per heavy atom. The Labute approximate surface area is 151 Å². The molecule has 4 nitrogen and oxygen atoms in total. The lowest BCUT2D eigenvalue weighted by atomic mass is 10.1. The number of carbonyl (C=O) groups excluding carboxylic acids is 1. The van der Waals surface area contributed by atoms with Crippen molar-refractivity contribution in [3.63, 3.8) is 0 Å². The van der Waals surface area contributed by atoms with E-state index in [0.29, 0.717) is 23.7 Å². The molecule has 0 bridgehead atoms. The molecule has 11 heteroatoms. The standard InChI is InChI=1S/C16H7F6N3OS/c17-10-5-8(6-11(18)12(10)19)14(26)24-15-23-13(25-27-15)7-2-1-3-9(4-7)16(20,21)22/h1-6H,(H,23,24,25,26). The Bertz CT molecular complexity index is 994. The molecule has 3 aromatic rings. The zero-order chi connectivity index (χ0) is 19.8. The minimum Gasteiger partial charge on any atom is -0.297 e. The lowest BCUT2D eigenvalue weighted by Crippen LogP contribution is -2.13. The summed E-state index contributed by atoms with van der Waals surface area (Å²) < 4.78 is 81.4. The molecule has 0 aliphatic carbocycles. The van der Waals surface area contributed by atoms with E-state index < -0.39 is 40.7 Å². The van der Waals surface area contributed by atoms with Gasteiger partial charge in [-0.3, -0.25) is 10.1 Å². The van der Waals surface area contributed by atoms with Gasteiger partial charge in [0.25, 0.3) is 5.91 Å². The van der Waals surface area contributed by atoms with E-state index in [1.54, 1.807) is 0 Å². The van der Waals surface area contributed by atoms with Crippen molar-refractivity contribution in [2.75, 3.05) is 5.32 Å². The molecule has 1 N–H and O–H groups in total. The van der Waals surface area contributed by atoms with Gasteiger partial charge in [-0.25, -0.2) is 13.2 Å². The molecule has 0 unspecified atom stereocenters. The van der Waals surface area contributed by atoms with Crippen molar-refractivity contribution in [3.05, 3.63) is 65.0 Å². The maximum absolute atomic E-state index is 13.2. The molecule has 0 spiro atoms. The third kappa shape index (κ3) is 4.08. The summed E-state index contributed by atoms with van der Waals surface area (Å²) in [6.45, 7) is 0. The van der Waals surface area contributed by atoms with E-state index in [1.807, 2.05) is 0 Å². The molecule has 1 aromatic heterocycles. The Morgan fingerprint density at radius 2 is 1.70 bits per heavy atom. The van der Waals surface area contributed by atoms with Crippen molar-refractivity contribution < 1.29 is 31.1 Å². The van der Waals surface area contributed by atoms with Crippen molar-refractivity contribution in [1.82, 2.24) is 9.36 Å². The highest BCUT2D eigenvalue weighted by Crippen LogP contribution is 2.32. The lowest BCUT2D eigenvalue weighted by molar-refractivity contribution is -0.137. The summed E-state index contributed by atoms with van der Waals surface area (Å²) in [4.78, 5) is 15.9. The molecule has 0 saturated heterocycles. The SMILES string of the molecule is O=C(Nc1nc(-c2cccc(C(F)(F)F)c2)ns1)c1cc(F)c(F)c(F)c1. The fourth-order valence-corrected chi connectivity index (χ4v) is 2.67. The fraction of sp³-hybridized carbons (Fsp3) is 0.0625. The van der Waals surface area contributed by atoms with Gasteiger partial charge in [-0.05, 0) is 24.3 Å². The van der Waals surface area contributed by atoms with E-state index in [9.17, 15) is 31.1 Å². The molecule has 0 fully saturated rings. The summed E-state index contributed by atoms with van der Waals surface area (Å²) in [7, 11) is 0. The first kappa shape index (κ1) is 18.8. The highest BCUT2D eigenvalue weighted by atomic mass is 32.1. The van der Waals surface area contributed by atoms with Gasteiger partial charge in [0, 0.05) is 22.7 Å². The molecule has 1 heterocycles. The molecule has 140 valence electrons. The van der Waals surface area contributed by atoms with Gasteiger partial charge < -0.3 is 0 Å². The monoisotopic (exact) mass is 403 g/mol. The van der Waals surface area contributed by atoms with E-state index in [1.165, 1.54) is 12.1 Å². The van der Waals surface area contributed by atoms with Crippen LogP contribution in [0.5, 0.6) is 0 Å². The molecule has 2 aromatic carbocycles. The third-order valence-electron chi connectivity index (χ3n) is 3.34. The van der Waals surface area contributed by atoms with Crippen molar-refractivity contribution in [2.45, 2.75) is 6.18 Å². The van der Waals surface area contributed by atoms with Crippen LogP contribution in [0.15, 0.2) is 36.4 Å². The van der Waals surface area contributed by atoms with Gasteiger partial charge in [-0.2, -0.15) is 22.5 Å². The number of aromatic nitrogens is 2. The topological polar surface area (TPSA) is 54.9 Å². The molecule has 0 aliphatic rings. The molecular formula is C16H7F6N3OS. The van der Waals surface area contributed by atoms with Crippen molar-refractivity contribution in [3.8, 4) is 11.4 Å². The van der Waals surface area contributed by atoms with Crippen LogP contribution in [0, 0.1) is 17.5 Å². The predicted molar refractivity (Wildman–Crippen MR) is 84.6 cm³/mol. The van der Waals surface area contributed by atoms with Crippen LogP contribution in [-0.4, -0.2) is 15.3 Å². The van der Waals surface area contributed by atoms with Crippen molar-refractivity contribution >= 4 is 22.6 Å². The van der Waals surface area contributed by atoms with Crippen LogP contribution in [0.2, 0.25) is 0 Å². The minimum atomic E-state index is -4.54. The lowest BCUT2D eigenvalue weighted by Gasteiger charge is -2.06. The highest BCUT2D eigenvalue weighted by molar-refractivity contribution is 7.10. The Morgan fingerprint density at radius 1 is 1.04 bits per heavy atom. The van der Waals surface area contributed by atoms with Gasteiger partial charge in [-0.15, -0.1) is 0 Å². The van der Waals surface area contributed by atoms with Crippen molar-refractivity contribution in [1.29, 1.82) is 0 Å². The Kier molecular flexibility index (Phi) is 4.87. The summed E-state index contributed by atoms with van der Waals surface area (Å²) in [6, 6.07) is 5.27. The van der Waals surface area contributed by atoms with Gasteiger partial charge in [-0.1, -0.05) is 12.1 Å². The molecule has 1 amide bonds. The normalized spacial score (nSPS) is 11.5. The zero-order valence-electron chi connectivity index (χ0n) is 12.9. The molecule has 27 heavy (non-hydrogen) atoms. The predicted octanol–water partition coefficient (Wildman–Crippen LogP) is 4.89. The summed E-state index contributed by atoms with van der Waals surface area (Å²) in [6.07, 6.45) is -4.54. The molecule has 3 rings (SSSR count). The van der Waals surface area contributed by atoms with E-state index in [0.717, 1.165) is 12.1 Å². The third-order valence-corrected chi connectivity index (χ3v) is 3.97. The number of nitrogens with zero attached hydrogens (tertiary/aromatic N) is 2. The number of carbonyl (C=O) groups is 1. The van der Waals surface area contributed by atoms with Crippen molar-refractivity contribution in [2.24, 2.45) is 0 Å². The molecule has 0 radical (unpaired) electrons. The van der Waals surface area contributed by atoms with Gasteiger partial charge >= 0.3 is 6.18 Å². The van der Waals surface area contributed by atoms with Crippen LogP contribution in [0.1, 0.15) is 15.9 Å². The second-order valence-electron chi connectivity index (χ2n) is 5.21. The molecule has 0 aliphatic heterocycles. The Balaban J connectivity index is 1.82.